The average Bonchev–Trinajstić information content (AvgIpc) is 2.55. The molecule has 0 saturated carbocycles. The molecule has 2 heteroatoms. The third kappa shape index (κ3) is 4.27. The lowest BCUT2D eigenvalue weighted by Gasteiger charge is -2.21. The van der Waals surface area contributed by atoms with Crippen LogP contribution >= 0.6 is 0 Å². The Morgan fingerprint density at radius 1 is 0.864 bits per heavy atom. The van der Waals surface area contributed by atoms with Crippen molar-refractivity contribution >= 4 is 11.4 Å². The molecule has 0 aromatic heterocycles. The molecular weight excluding hydrogens is 268 g/mol. The summed E-state index contributed by atoms with van der Waals surface area (Å²) < 4.78 is 0. The first kappa shape index (κ1) is 16.4. The van der Waals surface area contributed by atoms with Crippen molar-refractivity contribution in [2.24, 2.45) is 0 Å². The summed E-state index contributed by atoms with van der Waals surface area (Å²) >= 11 is 0. The second-order valence-corrected chi connectivity index (χ2v) is 5.97. The molecule has 0 amide bonds. The van der Waals surface area contributed by atoms with Crippen LogP contribution in [-0.2, 0) is 6.54 Å². The van der Waals surface area contributed by atoms with Crippen LogP contribution in [0, 0.1) is 0 Å². The highest BCUT2D eigenvalue weighted by Crippen LogP contribution is 2.19. The van der Waals surface area contributed by atoms with Crippen molar-refractivity contribution in [1.29, 1.82) is 0 Å². The Kier molecular flexibility index (Phi) is 5.88. The van der Waals surface area contributed by atoms with Crippen LogP contribution in [0.4, 0.5) is 11.4 Å². The summed E-state index contributed by atoms with van der Waals surface area (Å²) in [5.41, 5.74) is 5.17. The smallest absolute Gasteiger partial charge is 0.0400 e. The minimum atomic E-state index is 0.592. The van der Waals surface area contributed by atoms with Crippen molar-refractivity contribution in [3.8, 4) is 0 Å². The normalized spacial score (nSPS) is 10.8. The van der Waals surface area contributed by atoms with E-state index in [1.54, 1.807) is 0 Å². The maximum Gasteiger partial charge on any atom is 0.0400 e. The van der Waals surface area contributed by atoms with Gasteiger partial charge in [-0.15, -0.1) is 0 Å². The number of benzene rings is 2. The summed E-state index contributed by atoms with van der Waals surface area (Å²) in [6, 6.07) is 17.6. The lowest BCUT2D eigenvalue weighted by atomic mass is 10.0. The van der Waals surface area contributed by atoms with E-state index >= 15 is 0 Å². The minimum absolute atomic E-state index is 0.592. The van der Waals surface area contributed by atoms with Gasteiger partial charge in [0.1, 0.15) is 0 Å². The van der Waals surface area contributed by atoms with E-state index in [0.29, 0.717) is 5.92 Å². The molecule has 0 aliphatic rings. The molecule has 0 atom stereocenters. The largest absolute Gasteiger partial charge is 0.381 e. The molecule has 0 spiro atoms. The number of anilines is 2. The van der Waals surface area contributed by atoms with Crippen molar-refractivity contribution in [3.05, 3.63) is 59.7 Å². The van der Waals surface area contributed by atoms with Crippen LogP contribution in [0.2, 0.25) is 0 Å². The SMILES string of the molecule is CCN(CC)c1ccc(NCc2ccc(C(C)C)cc2)cc1. The molecule has 22 heavy (non-hydrogen) atoms. The van der Waals surface area contributed by atoms with E-state index in [1.807, 2.05) is 0 Å². The predicted molar refractivity (Wildman–Crippen MR) is 97.9 cm³/mol. The van der Waals surface area contributed by atoms with Gasteiger partial charge in [-0.3, -0.25) is 0 Å². The summed E-state index contributed by atoms with van der Waals surface area (Å²) in [5, 5.41) is 3.49. The van der Waals surface area contributed by atoms with E-state index in [4.69, 9.17) is 0 Å². The van der Waals surface area contributed by atoms with Gasteiger partial charge < -0.3 is 10.2 Å². The van der Waals surface area contributed by atoms with Gasteiger partial charge in [0.2, 0.25) is 0 Å². The molecule has 2 rings (SSSR count). The van der Waals surface area contributed by atoms with Crippen molar-refractivity contribution in [2.45, 2.75) is 40.2 Å². The zero-order valence-electron chi connectivity index (χ0n) is 14.3. The number of rotatable bonds is 7. The molecule has 118 valence electrons. The van der Waals surface area contributed by atoms with Crippen molar-refractivity contribution in [2.75, 3.05) is 23.3 Å². The Balaban J connectivity index is 1.94. The average molecular weight is 296 g/mol. The minimum Gasteiger partial charge on any atom is -0.381 e. The Bertz CT molecular complexity index is 551. The highest BCUT2D eigenvalue weighted by atomic mass is 15.1. The second-order valence-electron chi connectivity index (χ2n) is 5.97. The Hall–Kier alpha value is -1.96. The Morgan fingerprint density at radius 2 is 1.45 bits per heavy atom. The number of nitrogens with one attached hydrogen (secondary N) is 1. The van der Waals surface area contributed by atoms with E-state index < -0.39 is 0 Å². The van der Waals surface area contributed by atoms with Gasteiger partial charge in [0.25, 0.3) is 0 Å². The lowest BCUT2D eigenvalue weighted by molar-refractivity contribution is 0.865. The van der Waals surface area contributed by atoms with E-state index in [9.17, 15) is 0 Å². The molecule has 0 bridgehead atoms. The van der Waals surface area contributed by atoms with Gasteiger partial charge in [0.15, 0.2) is 0 Å². The van der Waals surface area contributed by atoms with Crippen LogP contribution in [0.1, 0.15) is 44.7 Å². The molecule has 2 aromatic rings. The summed E-state index contributed by atoms with van der Waals surface area (Å²) in [6.45, 7) is 11.8. The topological polar surface area (TPSA) is 15.3 Å². The van der Waals surface area contributed by atoms with Crippen LogP contribution in [0.3, 0.4) is 0 Å². The second kappa shape index (κ2) is 7.88. The predicted octanol–water partition coefficient (Wildman–Crippen LogP) is 5.27. The molecule has 2 nitrogen and oxygen atoms in total. The van der Waals surface area contributed by atoms with Crippen LogP contribution in [0.15, 0.2) is 48.5 Å². The van der Waals surface area contributed by atoms with E-state index in [2.05, 4.69) is 86.4 Å². The molecule has 0 aliphatic carbocycles. The Morgan fingerprint density at radius 3 is 1.95 bits per heavy atom. The van der Waals surface area contributed by atoms with Crippen molar-refractivity contribution < 1.29 is 0 Å². The van der Waals surface area contributed by atoms with Gasteiger partial charge in [-0.1, -0.05) is 38.1 Å². The summed E-state index contributed by atoms with van der Waals surface area (Å²) in [7, 11) is 0. The highest BCUT2D eigenvalue weighted by molar-refractivity contribution is 5.55. The fraction of sp³-hybridized carbons (Fsp3) is 0.400. The van der Waals surface area contributed by atoms with Gasteiger partial charge in [0.05, 0.1) is 0 Å². The van der Waals surface area contributed by atoms with Crippen molar-refractivity contribution in [3.63, 3.8) is 0 Å². The molecule has 0 aliphatic heterocycles. The molecule has 2 aromatic carbocycles. The molecule has 0 fully saturated rings. The zero-order chi connectivity index (χ0) is 15.9. The van der Waals surface area contributed by atoms with Crippen molar-refractivity contribution in [1.82, 2.24) is 0 Å². The molecule has 0 heterocycles. The molecule has 0 radical (unpaired) electrons. The third-order valence-electron chi connectivity index (χ3n) is 4.14. The monoisotopic (exact) mass is 296 g/mol. The number of nitrogens with zero attached hydrogens (tertiary/aromatic N) is 1. The van der Waals surface area contributed by atoms with Gasteiger partial charge in [-0.05, 0) is 55.2 Å². The van der Waals surface area contributed by atoms with Crippen LogP contribution in [0.5, 0.6) is 0 Å². The van der Waals surface area contributed by atoms with Gasteiger partial charge >= 0.3 is 0 Å². The summed E-state index contributed by atoms with van der Waals surface area (Å²) in [4.78, 5) is 2.36. The van der Waals surface area contributed by atoms with E-state index in [-0.39, 0.29) is 0 Å². The number of hydrogen-bond acceptors (Lipinski definition) is 2. The zero-order valence-corrected chi connectivity index (χ0v) is 14.3. The quantitative estimate of drug-likeness (QED) is 0.749. The highest BCUT2D eigenvalue weighted by Gasteiger charge is 2.02. The lowest BCUT2D eigenvalue weighted by Crippen LogP contribution is -2.21. The van der Waals surface area contributed by atoms with Gasteiger partial charge in [0, 0.05) is 31.0 Å². The molecule has 0 saturated heterocycles. The van der Waals surface area contributed by atoms with Crippen LogP contribution in [0.25, 0.3) is 0 Å². The van der Waals surface area contributed by atoms with E-state index in [1.165, 1.54) is 22.5 Å². The summed E-state index contributed by atoms with van der Waals surface area (Å²) in [6.07, 6.45) is 0. The van der Waals surface area contributed by atoms with Gasteiger partial charge in [-0.2, -0.15) is 0 Å². The molecule has 1 N–H and O–H groups in total. The fourth-order valence-corrected chi connectivity index (χ4v) is 2.60. The maximum absolute atomic E-state index is 3.49. The van der Waals surface area contributed by atoms with E-state index in [0.717, 1.165) is 19.6 Å². The fourth-order valence-electron chi connectivity index (χ4n) is 2.60. The van der Waals surface area contributed by atoms with Crippen LogP contribution < -0.4 is 10.2 Å². The Labute approximate surface area is 135 Å². The maximum atomic E-state index is 3.49. The van der Waals surface area contributed by atoms with Gasteiger partial charge in [-0.25, -0.2) is 0 Å². The third-order valence-corrected chi connectivity index (χ3v) is 4.14. The first-order valence-electron chi connectivity index (χ1n) is 8.31. The molecular formula is C20H28N2. The first-order valence-corrected chi connectivity index (χ1v) is 8.31. The number of hydrogen-bond donors (Lipinski definition) is 1. The van der Waals surface area contributed by atoms with Crippen LogP contribution in [-0.4, -0.2) is 13.1 Å². The summed E-state index contributed by atoms with van der Waals surface area (Å²) in [5.74, 6) is 0.592. The molecule has 0 unspecified atom stereocenters. The first-order chi connectivity index (χ1) is 10.6. The standard InChI is InChI=1S/C20H28N2/c1-5-22(6-2)20-13-11-19(12-14-20)21-15-17-7-9-18(10-8-17)16(3)4/h7-14,16,21H,5-6,15H2,1-4H3.